The second-order valence-electron chi connectivity index (χ2n) is 9.81. The lowest BCUT2D eigenvalue weighted by Gasteiger charge is -2.25. The van der Waals surface area contributed by atoms with Crippen molar-refractivity contribution in [3.05, 3.63) is 59.7 Å². The summed E-state index contributed by atoms with van der Waals surface area (Å²) in [5.41, 5.74) is 4.97. The Kier molecular flexibility index (Phi) is 8.44. The Balaban J connectivity index is 1.07. The summed E-state index contributed by atoms with van der Waals surface area (Å²) in [6, 6.07) is 15.7. The van der Waals surface area contributed by atoms with Gasteiger partial charge in [-0.3, -0.25) is 0 Å². The molecule has 6 rings (SSSR count). The fraction of sp³-hybridized carbons (Fsp3) is 0.357. The van der Waals surface area contributed by atoms with Gasteiger partial charge in [0.25, 0.3) is 5.13 Å². The van der Waals surface area contributed by atoms with E-state index in [-0.39, 0.29) is 0 Å². The molecule has 4 aromatic rings. The molecule has 2 aliphatic rings. The molecule has 210 valence electrons. The molecular weight excluding hydrogens is 557 g/mol. The van der Waals surface area contributed by atoms with Gasteiger partial charge in [-0.2, -0.15) is 10.2 Å². The summed E-state index contributed by atoms with van der Waals surface area (Å²) in [6.07, 6.45) is 2.52. The van der Waals surface area contributed by atoms with Crippen molar-refractivity contribution in [3.8, 4) is 0 Å². The Hall–Kier alpha value is -3.94. The average Bonchev–Trinajstić information content (AvgIpc) is 3.78. The average molecular weight is 587 g/mol. The first-order valence-corrected chi connectivity index (χ1v) is 15.2. The summed E-state index contributed by atoms with van der Waals surface area (Å²) in [5.74, 6) is 0. The van der Waals surface area contributed by atoms with E-state index in [1.54, 1.807) is 11.3 Å². The van der Waals surface area contributed by atoms with E-state index in [9.17, 15) is 0 Å². The van der Waals surface area contributed by atoms with E-state index in [0.29, 0.717) is 18.3 Å². The number of thiophene rings is 1. The second-order valence-corrected chi connectivity index (χ2v) is 11.8. The SMILES string of the molecule is Cc1cc(/N=N/c2ccc(N3CCCC3)s2)ccc1/N=N/c1ccc(/N=N/c2nnc(N3CCOCC3)s2)c(C)c1. The van der Waals surface area contributed by atoms with Crippen molar-refractivity contribution in [2.45, 2.75) is 26.7 Å². The summed E-state index contributed by atoms with van der Waals surface area (Å²) >= 11 is 3.10. The molecule has 2 aliphatic heterocycles. The Morgan fingerprint density at radius 1 is 0.659 bits per heavy atom. The molecule has 4 heterocycles. The highest BCUT2D eigenvalue weighted by Crippen LogP contribution is 2.36. The molecule has 0 amide bonds. The zero-order chi connectivity index (χ0) is 28.0. The Morgan fingerprint density at radius 3 is 2.00 bits per heavy atom. The molecule has 0 radical (unpaired) electrons. The predicted molar refractivity (Wildman–Crippen MR) is 164 cm³/mol. The number of morpholine rings is 1. The van der Waals surface area contributed by atoms with Crippen molar-refractivity contribution in [1.82, 2.24) is 10.2 Å². The van der Waals surface area contributed by atoms with Crippen LogP contribution in [0.1, 0.15) is 24.0 Å². The van der Waals surface area contributed by atoms with E-state index in [0.717, 1.165) is 70.2 Å². The normalized spacial score (nSPS) is 16.2. The smallest absolute Gasteiger partial charge is 0.253 e. The van der Waals surface area contributed by atoms with Crippen molar-refractivity contribution in [2.75, 3.05) is 49.2 Å². The van der Waals surface area contributed by atoms with Crippen LogP contribution in [-0.2, 0) is 4.74 Å². The molecule has 2 aromatic heterocycles. The second kappa shape index (κ2) is 12.7. The fourth-order valence-corrected chi connectivity index (χ4v) is 6.15. The van der Waals surface area contributed by atoms with Gasteiger partial charge in [0.1, 0.15) is 5.00 Å². The van der Waals surface area contributed by atoms with Crippen LogP contribution in [0.4, 0.5) is 43.0 Å². The molecule has 0 atom stereocenters. The van der Waals surface area contributed by atoms with Crippen molar-refractivity contribution in [1.29, 1.82) is 0 Å². The number of anilines is 2. The van der Waals surface area contributed by atoms with Crippen LogP contribution in [-0.4, -0.2) is 49.6 Å². The van der Waals surface area contributed by atoms with Crippen LogP contribution in [0.5, 0.6) is 0 Å². The lowest BCUT2D eigenvalue weighted by molar-refractivity contribution is 0.122. The lowest BCUT2D eigenvalue weighted by Crippen LogP contribution is -2.36. The molecule has 0 spiro atoms. The first-order chi connectivity index (χ1) is 20.1. The third-order valence-corrected chi connectivity index (χ3v) is 8.72. The van der Waals surface area contributed by atoms with Gasteiger partial charge in [0.05, 0.1) is 41.0 Å². The third-order valence-electron chi connectivity index (χ3n) is 6.82. The number of rotatable bonds is 8. The maximum absolute atomic E-state index is 5.40. The third kappa shape index (κ3) is 6.87. The first kappa shape index (κ1) is 27.2. The van der Waals surface area contributed by atoms with Crippen LogP contribution < -0.4 is 9.80 Å². The van der Waals surface area contributed by atoms with Crippen molar-refractivity contribution in [3.63, 3.8) is 0 Å². The molecule has 41 heavy (non-hydrogen) atoms. The Bertz CT molecular complexity index is 1580. The topological polar surface area (TPSA) is 116 Å². The largest absolute Gasteiger partial charge is 0.378 e. The van der Waals surface area contributed by atoms with Gasteiger partial charge in [-0.15, -0.1) is 30.7 Å². The van der Waals surface area contributed by atoms with E-state index in [4.69, 9.17) is 4.74 Å². The number of nitrogens with zero attached hydrogens (tertiary/aromatic N) is 10. The van der Waals surface area contributed by atoms with E-state index >= 15 is 0 Å². The molecule has 2 saturated heterocycles. The molecule has 0 bridgehead atoms. The Labute approximate surface area is 246 Å². The van der Waals surface area contributed by atoms with Gasteiger partial charge in [-0.1, -0.05) is 22.7 Å². The van der Waals surface area contributed by atoms with E-state index in [1.165, 1.54) is 29.2 Å². The van der Waals surface area contributed by atoms with E-state index in [2.05, 4.69) is 56.7 Å². The van der Waals surface area contributed by atoms with Gasteiger partial charge >= 0.3 is 0 Å². The number of ether oxygens (including phenoxy) is 1. The van der Waals surface area contributed by atoms with Crippen LogP contribution in [0.3, 0.4) is 0 Å². The maximum Gasteiger partial charge on any atom is 0.253 e. The number of benzene rings is 2. The molecule has 13 heteroatoms. The summed E-state index contributed by atoms with van der Waals surface area (Å²) in [7, 11) is 0. The van der Waals surface area contributed by atoms with Gasteiger partial charge in [-0.05, 0) is 86.3 Å². The van der Waals surface area contributed by atoms with Crippen LogP contribution in [0.25, 0.3) is 0 Å². The molecule has 0 unspecified atom stereocenters. The zero-order valence-electron chi connectivity index (χ0n) is 23.0. The summed E-state index contributed by atoms with van der Waals surface area (Å²) in [6.45, 7) is 9.25. The van der Waals surface area contributed by atoms with Crippen molar-refractivity contribution < 1.29 is 4.74 Å². The molecule has 11 nitrogen and oxygen atoms in total. The monoisotopic (exact) mass is 586 g/mol. The van der Waals surface area contributed by atoms with Crippen molar-refractivity contribution in [2.24, 2.45) is 30.7 Å². The minimum Gasteiger partial charge on any atom is -0.378 e. The van der Waals surface area contributed by atoms with E-state index in [1.807, 2.05) is 56.3 Å². The van der Waals surface area contributed by atoms with Gasteiger partial charge in [0.15, 0.2) is 0 Å². The van der Waals surface area contributed by atoms with Crippen LogP contribution in [0, 0.1) is 13.8 Å². The van der Waals surface area contributed by atoms with Crippen LogP contribution in [0.2, 0.25) is 0 Å². The maximum atomic E-state index is 5.40. The van der Waals surface area contributed by atoms with Crippen LogP contribution >= 0.6 is 22.7 Å². The van der Waals surface area contributed by atoms with Gasteiger partial charge in [-0.25, -0.2) is 0 Å². The molecule has 2 fully saturated rings. The number of azo groups is 3. The minimum atomic E-state index is 0.523. The zero-order valence-corrected chi connectivity index (χ0v) is 24.6. The molecular formula is C28H30N10OS2. The van der Waals surface area contributed by atoms with Gasteiger partial charge in [0.2, 0.25) is 5.13 Å². The quantitative estimate of drug-likeness (QED) is 0.191. The number of aromatic nitrogens is 2. The lowest BCUT2D eigenvalue weighted by atomic mass is 10.2. The van der Waals surface area contributed by atoms with Crippen molar-refractivity contribution >= 4 is 65.7 Å². The highest BCUT2D eigenvalue weighted by Gasteiger charge is 2.16. The predicted octanol–water partition coefficient (Wildman–Crippen LogP) is 8.90. The highest BCUT2D eigenvalue weighted by atomic mass is 32.1. The molecule has 2 aromatic carbocycles. The fourth-order valence-electron chi connectivity index (χ4n) is 4.55. The van der Waals surface area contributed by atoms with Crippen LogP contribution in [0.15, 0.2) is 79.2 Å². The standard InChI is InChI=1S/C28H30N10OS2/c1-19-18-22(30-33-25-9-10-26(40-25)37-11-3-4-12-37)6-7-23(19)31-29-21-5-8-24(20(2)17-21)32-34-27-35-36-28(41-27)38-13-15-39-16-14-38/h5-10,17-18H,3-4,11-16H2,1-2H3/b31-29+,33-30+,34-32+. The molecule has 0 aliphatic carbocycles. The minimum absolute atomic E-state index is 0.523. The first-order valence-electron chi connectivity index (χ1n) is 13.6. The molecule has 0 N–H and O–H groups in total. The summed E-state index contributed by atoms with van der Waals surface area (Å²) < 4.78 is 5.40. The van der Waals surface area contributed by atoms with Gasteiger partial charge in [0, 0.05) is 26.2 Å². The summed E-state index contributed by atoms with van der Waals surface area (Å²) in [5, 5.41) is 38.4. The molecule has 0 saturated carbocycles. The van der Waals surface area contributed by atoms with E-state index < -0.39 is 0 Å². The number of aryl methyl sites for hydroxylation is 2. The van der Waals surface area contributed by atoms with Gasteiger partial charge < -0.3 is 14.5 Å². The highest BCUT2D eigenvalue weighted by molar-refractivity contribution is 7.19. The number of hydrogen-bond acceptors (Lipinski definition) is 13. The Morgan fingerprint density at radius 2 is 1.32 bits per heavy atom. The summed E-state index contributed by atoms with van der Waals surface area (Å²) in [4.78, 5) is 4.56. The number of hydrogen-bond donors (Lipinski definition) is 0.